The number of fused-ring (bicyclic) bond motifs is 1. The minimum atomic E-state index is -1.34. The molecule has 1 fully saturated rings. The first-order valence-corrected chi connectivity index (χ1v) is 9.25. The zero-order chi connectivity index (χ0) is 20.5. The number of nitrogens with one attached hydrogen (secondary N) is 3. The van der Waals surface area contributed by atoms with Crippen molar-refractivity contribution in [3.63, 3.8) is 0 Å². The highest BCUT2D eigenvalue weighted by Gasteiger charge is 2.49. The second-order valence-electron chi connectivity index (χ2n) is 7.69. The van der Waals surface area contributed by atoms with Crippen LogP contribution in [0.5, 0.6) is 5.75 Å². The molecule has 8 heteroatoms. The van der Waals surface area contributed by atoms with E-state index in [-0.39, 0.29) is 24.8 Å². The number of nitrogens with zero attached hydrogens (tertiary/aromatic N) is 1. The van der Waals surface area contributed by atoms with E-state index in [1.807, 2.05) is 36.9 Å². The van der Waals surface area contributed by atoms with Gasteiger partial charge in [-0.1, -0.05) is 26.5 Å². The number of amides is 4. The summed E-state index contributed by atoms with van der Waals surface area (Å²) in [7, 11) is 1.60. The van der Waals surface area contributed by atoms with Crippen LogP contribution in [0, 0.1) is 5.92 Å². The lowest BCUT2D eigenvalue weighted by Crippen LogP contribution is -2.56. The summed E-state index contributed by atoms with van der Waals surface area (Å²) in [6.45, 7) is 9.30. The molecular formula is C20H26N4O4. The zero-order valence-electron chi connectivity index (χ0n) is 16.4. The summed E-state index contributed by atoms with van der Waals surface area (Å²) in [5.41, 5.74) is 1.37. The Morgan fingerprint density at radius 3 is 2.75 bits per heavy atom. The molecule has 2 aliphatic heterocycles. The Balaban J connectivity index is 1.79. The number of hydrogen-bond acceptors (Lipinski definition) is 5. The van der Waals surface area contributed by atoms with Crippen molar-refractivity contribution in [2.24, 2.45) is 5.92 Å². The molecule has 2 aliphatic rings. The average Bonchev–Trinajstić information content (AvgIpc) is 3.09. The van der Waals surface area contributed by atoms with Gasteiger partial charge >= 0.3 is 6.03 Å². The Labute approximate surface area is 164 Å². The molecule has 0 aliphatic carbocycles. The molecule has 0 spiro atoms. The lowest BCUT2D eigenvalue weighted by molar-refractivity contribution is -0.130. The second-order valence-corrected chi connectivity index (χ2v) is 7.69. The predicted octanol–water partition coefficient (Wildman–Crippen LogP) is 1.22. The van der Waals surface area contributed by atoms with Crippen molar-refractivity contribution >= 4 is 23.5 Å². The summed E-state index contributed by atoms with van der Waals surface area (Å²) in [6.07, 6.45) is -0.138. The summed E-state index contributed by atoms with van der Waals surface area (Å²) in [5.74, 6) is 0.222. The van der Waals surface area contributed by atoms with Gasteiger partial charge in [-0.15, -0.1) is 0 Å². The number of imide groups is 1. The minimum Gasteiger partial charge on any atom is -0.497 e. The maximum Gasteiger partial charge on any atom is 0.322 e. The molecule has 3 rings (SSSR count). The first kappa shape index (κ1) is 19.7. The number of carbonyl (C=O) groups excluding carboxylic acids is 3. The van der Waals surface area contributed by atoms with Crippen molar-refractivity contribution < 1.29 is 19.1 Å². The molecule has 3 N–H and O–H groups in total. The Bertz CT molecular complexity index is 835. The van der Waals surface area contributed by atoms with Crippen LogP contribution in [0.3, 0.4) is 0 Å². The van der Waals surface area contributed by atoms with E-state index in [0.717, 1.165) is 22.6 Å². The fraction of sp³-hybridized carbons (Fsp3) is 0.450. The van der Waals surface area contributed by atoms with E-state index in [9.17, 15) is 14.4 Å². The molecule has 150 valence electrons. The first-order chi connectivity index (χ1) is 13.2. The summed E-state index contributed by atoms with van der Waals surface area (Å²) in [6, 6.07) is 5.13. The van der Waals surface area contributed by atoms with Crippen LogP contribution in [0.15, 0.2) is 24.8 Å². The standard InChI is InChI=1S/C20H26N4O4/c1-12(2)9-21-17(25)8-20(18(26)22-19(27)23-20)11-24-10-14-5-6-15(28-4)7-16(14)13(24)3/h5-7,12H,3,8-11H2,1-2,4H3,(H,21,25)(H2,22,23,26,27). The molecule has 1 aromatic carbocycles. The fourth-order valence-electron chi connectivity index (χ4n) is 3.51. The molecule has 0 saturated carbocycles. The SMILES string of the molecule is C=C1c2cc(OC)ccc2CN1CC1(CC(=O)NCC(C)C)NC(=O)NC1=O. The fourth-order valence-corrected chi connectivity index (χ4v) is 3.51. The molecule has 0 bridgehead atoms. The Morgan fingerprint density at radius 2 is 2.14 bits per heavy atom. The Hall–Kier alpha value is -3.03. The molecule has 1 saturated heterocycles. The van der Waals surface area contributed by atoms with Crippen molar-refractivity contribution in [1.82, 2.24) is 20.9 Å². The van der Waals surface area contributed by atoms with Crippen molar-refractivity contribution in [3.8, 4) is 5.75 Å². The van der Waals surface area contributed by atoms with Gasteiger partial charge in [-0.2, -0.15) is 0 Å². The normalized spacial score (nSPS) is 20.9. The summed E-state index contributed by atoms with van der Waals surface area (Å²) < 4.78 is 5.27. The number of hydrogen-bond donors (Lipinski definition) is 3. The number of urea groups is 1. The number of benzene rings is 1. The van der Waals surface area contributed by atoms with Crippen molar-refractivity contribution in [1.29, 1.82) is 0 Å². The molecule has 1 unspecified atom stereocenters. The molecule has 8 nitrogen and oxygen atoms in total. The molecule has 4 amide bonds. The summed E-state index contributed by atoms with van der Waals surface area (Å²) >= 11 is 0. The monoisotopic (exact) mass is 386 g/mol. The van der Waals surface area contributed by atoms with E-state index >= 15 is 0 Å². The van der Waals surface area contributed by atoms with Gasteiger partial charge in [0.25, 0.3) is 5.91 Å². The zero-order valence-corrected chi connectivity index (χ0v) is 16.4. The third-order valence-electron chi connectivity index (χ3n) is 5.02. The highest BCUT2D eigenvalue weighted by Crippen LogP contribution is 2.35. The van der Waals surface area contributed by atoms with Gasteiger partial charge in [-0.25, -0.2) is 4.79 Å². The van der Waals surface area contributed by atoms with Gasteiger partial charge in [-0.05, 0) is 23.6 Å². The van der Waals surface area contributed by atoms with Crippen LogP contribution in [0.1, 0.15) is 31.4 Å². The molecule has 0 aromatic heterocycles. The van der Waals surface area contributed by atoms with Gasteiger partial charge in [0.2, 0.25) is 5.91 Å². The number of methoxy groups -OCH3 is 1. The molecule has 2 heterocycles. The molecular weight excluding hydrogens is 360 g/mol. The maximum atomic E-state index is 12.6. The van der Waals surface area contributed by atoms with Crippen LogP contribution in [-0.2, 0) is 16.1 Å². The van der Waals surface area contributed by atoms with Crippen LogP contribution in [0.2, 0.25) is 0 Å². The first-order valence-electron chi connectivity index (χ1n) is 9.25. The lowest BCUT2D eigenvalue weighted by Gasteiger charge is -2.32. The largest absolute Gasteiger partial charge is 0.497 e. The number of rotatable bonds is 7. The van der Waals surface area contributed by atoms with Crippen LogP contribution in [0.25, 0.3) is 5.70 Å². The predicted molar refractivity (Wildman–Crippen MR) is 104 cm³/mol. The van der Waals surface area contributed by atoms with E-state index in [4.69, 9.17) is 4.74 Å². The Kier molecular flexibility index (Phi) is 5.31. The highest BCUT2D eigenvalue weighted by molar-refractivity contribution is 6.09. The van der Waals surface area contributed by atoms with E-state index in [1.165, 1.54) is 0 Å². The third kappa shape index (κ3) is 3.81. The van der Waals surface area contributed by atoms with Gasteiger partial charge in [0.15, 0.2) is 0 Å². The average molecular weight is 386 g/mol. The van der Waals surface area contributed by atoms with Crippen LogP contribution in [0.4, 0.5) is 4.79 Å². The smallest absolute Gasteiger partial charge is 0.322 e. The molecule has 28 heavy (non-hydrogen) atoms. The lowest BCUT2D eigenvalue weighted by atomic mass is 9.93. The van der Waals surface area contributed by atoms with Crippen LogP contribution >= 0.6 is 0 Å². The van der Waals surface area contributed by atoms with Crippen LogP contribution < -0.4 is 20.7 Å². The quantitative estimate of drug-likeness (QED) is 0.612. The van der Waals surface area contributed by atoms with Gasteiger partial charge in [-0.3, -0.25) is 14.9 Å². The Morgan fingerprint density at radius 1 is 1.39 bits per heavy atom. The summed E-state index contributed by atoms with van der Waals surface area (Å²) in [4.78, 5) is 38.8. The second kappa shape index (κ2) is 7.53. The van der Waals surface area contributed by atoms with Gasteiger partial charge in [0.05, 0.1) is 20.1 Å². The van der Waals surface area contributed by atoms with Gasteiger partial charge in [0.1, 0.15) is 11.3 Å². The minimum absolute atomic E-state index is 0.138. The molecule has 1 aromatic rings. The maximum absolute atomic E-state index is 12.6. The third-order valence-corrected chi connectivity index (χ3v) is 5.02. The van der Waals surface area contributed by atoms with E-state index < -0.39 is 17.5 Å². The van der Waals surface area contributed by atoms with Crippen LogP contribution in [-0.4, -0.2) is 48.5 Å². The number of carbonyl (C=O) groups is 3. The molecule has 1 atom stereocenters. The number of ether oxygens (including phenoxy) is 1. The van der Waals surface area contributed by atoms with E-state index in [1.54, 1.807) is 7.11 Å². The highest BCUT2D eigenvalue weighted by atomic mass is 16.5. The summed E-state index contributed by atoms with van der Waals surface area (Å²) in [5, 5.41) is 7.74. The van der Waals surface area contributed by atoms with Gasteiger partial charge < -0.3 is 20.3 Å². The van der Waals surface area contributed by atoms with E-state index in [0.29, 0.717) is 13.1 Å². The van der Waals surface area contributed by atoms with E-state index in [2.05, 4.69) is 22.5 Å². The van der Waals surface area contributed by atoms with Crippen molar-refractivity contribution in [2.75, 3.05) is 20.2 Å². The van der Waals surface area contributed by atoms with Gasteiger partial charge in [0, 0.05) is 24.4 Å². The van der Waals surface area contributed by atoms with Crippen molar-refractivity contribution in [2.45, 2.75) is 32.4 Å². The topological polar surface area (TPSA) is 99.8 Å². The van der Waals surface area contributed by atoms with Crippen molar-refractivity contribution in [3.05, 3.63) is 35.9 Å². The molecule has 0 radical (unpaired) electrons.